The molecule has 0 fully saturated rings. The third kappa shape index (κ3) is 3.63. The molecule has 2 aliphatic rings. The molecular formula is C23H28O4. The van der Waals surface area contributed by atoms with Gasteiger partial charge in [0.05, 0.1) is 13.2 Å². The average molecular weight is 368 g/mol. The van der Waals surface area contributed by atoms with Crippen LogP contribution in [0.4, 0.5) is 0 Å². The van der Waals surface area contributed by atoms with Gasteiger partial charge in [-0.2, -0.15) is 0 Å². The summed E-state index contributed by atoms with van der Waals surface area (Å²) in [6, 6.07) is 10.2. The molecule has 144 valence electrons. The highest BCUT2D eigenvalue weighted by molar-refractivity contribution is 5.53. The number of aromatic hydroxyl groups is 1. The fourth-order valence-corrected chi connectivity index (χ4v) is 4.12. The Morgan fingerprint density at radius 1 is 1.22 bits per heavy atom. The lowest BCUT2D eigenvalue weighted by atomic mass is 9.86. The van der Waals surface area contributed by atoms with E-state index in [-0.39, 0.29) is 11.5 Å². The Morgan fingerprint density at radius 2 is 2.07 bits per heavy atom. The van der Waals surface area contributed by atoms with E-state index in [9.17, 15) is 5.11 Å². The number of phenolic OH excluding ortho intramolecular Hbond substituents is 1. The number of hydrogen-bond acceptors (Lipinski definition) is 4. The molecule has 2 aromatic rings. The normalized spacial score (nSPS) is 20.2. The van der Waals surface area contributed by atoms with Crippen molar-refractivity contribution in [3.8, 4) is 17.2 Å². The summed E-state index contributed by atoms with van der Waals surface area (Å²) in [5.41, 5.74) is 4.33. The van der Waals surface area contributed by atoms with Gasteiger partial charge in [0.2, 0.25) is 0 Å². The predicted octanol–water partition coefficient (Wildman–Crippen LogP) is 4.40. The highest BCUT2D eigenvalue weighted by atomic mass is 16.5. The maximum atomic E-state index is 10.5. The van der Waals surface area contributed by atoms with Gasteiger partial charge in [-0.1, -0.05) is 18.2 Å². The second-order valence-electron chi connectivity index (χ2n) is 8.24. The zero-order chi connectivity index (χ0) is 19.0. The van der Waals surface area contributed by atoms with E-state index in [1.807, 2.05) is 12.1 Å². The maximum Gasteiger partial charge on any atom is 0.129 e. The minimum absolute atomic E-state index is 0.116. The molecule has 4 rings (SSSR count). The van der Waals surface area contributed by atoms with E-state index < -0.39 is 0 Å². The zero-order valence-electron chi connectivity index (χ0n) is 16.4. The van der Waals surface area contributed by atoms with Crippen LogP contribution in [-0.4, -0.2) is 31.0 Å². The molecule has 1 atom stereocenters. The minimum Gasteiger partial charge on any atom is -0.508 e. The third-order valence-corrected chi connectivity index (χ3v) is 5.69. The fourth-order valence-electron chi connectivity index (χ4n) is 4.12. The molecule has 0 saturated carbocycles. The van der Waals surface area contributed by atoms with Gasteiger partial charge in [0.1, 0.15) is 22.8 Å². The van der Waals surface area contributed by atoms with Crippen molar-refractivity contribution in [2.24, 2.45) is 0 Å². The van der Waals surface area contributed by atoms with Crippen LogP contribution in [0.3, 0.4) is 0 Å². The van der Waals surface area contributed by atoms with Gasteiger partial charge >= 0.3 is 0 Å². The number of ether oxygens (including phenoxy) is 3. The van der Waals surface area contributed by atoms with Gasteiger partial charge < -0.3 is 19.3 Å². The van der Waals surface area contributed by atoms with Crippen molar-refractivity contribution < 1.29 is 19.3 Å². The summed E-state index contributed by atoms with van der Waals surface area (Å²) >= 11 is 0. The van der Waals surface area contributed by atoms with Crippen molar-refractivity contribution in [1.29, 1.82) is 0 Å². The van der Waals surface area contributed by atoms with Crippen LogP contribution in [0.25, 0.3) is 0 Å². The van der Waals surface area contributed by atoms with E-state index >= 15 is 0 Å². The molecule has 27 heavy (non-hydrogen) atoms. The fraction of sp³-hybridized carbons (Fsp3) is 0.478. The smallest absolute Gasteiger partial charge is 0.129 e. The lowest BCUT2D eigenvalue weighted by Gasteiger charge is -2.35. The van der Waals surface area contributed by atoms with Crippen molar-refractivity contribution in [1.82, 2.24) is 0 Å². The van der Waals surface area contributed by atoms with Gasteiger partial charge in [-0.05, 0) is 62.8 Å². The topological polar surface area (TPSA) is 47.9 Å². The molecule has 2 aromatic carbocycles. The highest BCUT2D eigenvalue weighted by Gasteiger charge is 2.32. The van der Waals surface area contributed by atoms with Crippen LogP contribution in [0.5, 0.6) is 17.2 Å². The quantitative estimate of drug-likeness (QED) is 0.869. The summed E-state index contributed by atoms with van der Waals surface area (Å²) in [4.78, 5) is 0. The first-order valence-electron chi connectivity index (χ1n) is 9.74. The summed E-state index contributed by atoms with van der Waals surface area (Å²) in [7, 11) is 1.69. The second kappa shape index (κ2) is 7.08. The van der Waals surface area contributed by atoms with Crippen molar-refractivity contribution in [2.45, 2.75) is 51.0 Å². The Morgan fingerprint density at radius 3 is 2.85 bits per heavy atom. The van der Waals surface area contributed by atoms with E-state index in [1.54, 1.807) is 7.11 Å². The molecule has 0 amide bonds. The van der Waals surface area contributed by atoms with E-state index in [4.69, 9.17) is 14.2 Å². The molecule has 4 heteroatoms. The monoisotopic (exact) mass is 368 g/mol. The molecular weight excluding hydrogens is 340 g/mol. The minimum atomic E-state index is -0.116. The molecule has 2 heterocycles. The SMILES string of the molecule is COCCc1ccc(C2COc3c(ccc4c3CCC(C)(C)O4)C2)c(O)c1. The van der Waals surface area contributed by atoms with Gasteiger partial charge in [0.15, 0.2) is 0 Å². The molecule has 4 nitrogen and oxygen atoms in total. The van der Waals surface area contributed by atoms with E-state index in [1.165, 1.54) is 11.1 Å². The number of fused-ring (bicyclic) bond motifs is 3. The first-order chi connectivity index (χ1) is 13.0. The Labute approximate surface area is 161 Å². The summed E-state index contributed by atoms with van der Waals surface area (Å²) in [5.74, 6) is 2.46. The van der Waals surface area contributed by atoms with Gasteiger partial charge in [-0.25, -0.2) is 0 Å². The van der Waals surface area contributed by atoms with Crippen LogP contribution in [0.2, 0.25) is 0 Å². The van der Waals surface area contributed by atoms with Gasteiger partial charge in [-0.3, -0.25) is 0 Å². The Kier molecular flexibility index (Phi) is 4.77. The lowest BCUT2D eigenvalue weighted by molar-refractivity contribution is 0.0826. The van der Waals surface area contributed by atoms with Gasteiger partial charge in [-0.15, -0.1) is 0 Å². The molecule has 0 aromatic heterocycles. The van der Waals surface area contributed by atoms with Gasteiger partial charge in [0, 0.05) is 24.2 Å². The first kappa shape index (κ1) is 18.2. The van der Waals surface area contributed by atoms with Crippen LogP contribution in [0.15, 0.2) is 30.3 Å². The Bertz CT molecular complexity index is 841. The number of methoxy groups -OCH3 is 1. The van der Waals surface area contributed by atoms with Crippen LogP contribution in [0, 0.1) is 0 Å². The zero-order valence-corrected chi connectivity index (χ0v) is 16.4. The van der Waals surface area contributed by atoms with Crippen LogP contribution in [0.1, 0.15) is 48.4 Å². The van der Waals surface area contributed by atoms with Crippen molar-refractivity contribution in [3.05, 3.63) is 52.6 Å². The van der Waals surface area contributed by atoms with Crippen molar-refractivity contribution in [2.75, 3.05) is 20.3 Å². The molecule has 0 saturated heterocycles. The summed E-state index contributed by atoms with van der Waals surface area (Å²) in [5, 5.41) is 10.5. The van der Waals surface area contributed by atoms with E-state index in [0.717, 1.165) is 48.3 Å². The van der Waals surface area contributed by atoms with Crippen LogP contribution < -0.4 is 9.47 Å². The predicted molar refractivity (Wildman–Crippen MR) is 105 cm³/mol. The Hall–Kier alpha value is -2.20. The third-order valence-electron chi connectivity index (χ3n) is 5.69. The highest BCUT2D eigenvalue weighted by Crippen LogP contribution is 2.44. The Balaban J connectivity index is 1.56. The summed E-state index contributed by atoms with van der Waals surface area (Å²) < 4.78 is 17.4. The van der Waals surface area contributed by atoms with Crippen LogP contribution >= 0.6 is 0 Å². The number of phenols is 1. The first-order valence-corrected chi connectivity index (χ1v) is 9.74. The molecule has 1 N–H and O–H groups in total. The van der Waals surface area contributed by atoms with Crippen molar-refractivity contribution in [3.63, 3.8) is 0 Å². The molecule has 2 aliphatic heterocycles. The average Bonchev–Trinajstić information content (AvgIpc) is 2.65. The van der Waals surface area contributed by atoms with Crippen LogP contribution in [-0.2, 0) is 24.0 Å². The molecule has 0 spiro atoms. The lowest BCUT2D eigenvalue weighted by Crippen LogP contribution is -2.33. The largest absolute Gasteiger partial charge is 0.508 e. The molecule has 0 radical (unpaired) electrons. The van der Waals surface area contributed by atoms with Crippen molar-refractivity contribution >= 4 is 0 Å². The standard InChI is InChI=1S/C23H28O4/c1-23(2)10-8-19-21(27-23)7-5-16-13-17(14-26-22(16)19)18-6-4-15(9-11-25-3)12-20(18)24/h4-7,12,17,24H,8-11,13-14H2,1-3H3. The molecule has 0 bridgehead atoms. The maximum absolute atomic E-state index is 10.5. The molecule has 0 aliphatic carbocycles. The van der Waals surface area contributed by atoms with Gasteiger partial charge in [0.25, 0.3) is 0 Å². The van der Waals surface area contributed by atoms with E-state index in [2.05, 4.69) is 32.0 Å². The summed E-state index contributed by atoms with van der Waals surface area (Å²) in [6.45, 7) is 5.50. The summed E-state index contributed by atoms with van der Waals surface area (Å²) in [6.07, 6.45) is 3.65. The number of rotatable bonds is 4. The second-order valence-corrected chi connectivity index (χ2v) is 8.24. The number of benzene rings is 2. The number of hydrogen-bond donors (Lipinski definition) is 1. The molecule has 1 unspecified atom stereocenters. The van der Waals surface area contributed by atoms with E-state index in [0.29, 0.717) is 19.0 Å².